The van der Waals surface area contributed by atoms with Crippen LogP contribution in [0.2, 0.25) is 0 Å². The quantitative estimate of drug-likeness (QED) is 0.600. The summed E-state index contributed by atoms with van der Waals surface area (Å²) in [6.07, 6.45) is -1.92. The van der Waals surface area contributed by atoms with Gasteiger partial charge in [0.25, 0.3) is 0 Å². The molecule has 0 heterocycles. The number of esters is 1. The topological polar surface area (TPSA) is 55.8 Å². The van der Waals surface area contributed by atoms with Gasteiger partial charge in [-0.25, -0.2) is 4.79 Å². The van der Waals surface area contributed by atoms with E-state index in [1.807, 2.05) is 18.2 Å². The van der Waals surface area contributed by atoms with Gasteiger partial charge in [0, 0.05) is 12.7 Å². The number of carbonyl (C=O) groups is 1. The Morgan fingerprint density at radius 3 is 2.40 bits per heavy atom. The summed E-state index contributed by atoms with van der Waals surface area (Å²) in [6, 6.07) is 9.05. The summed E-state index contributed by atoms with van der Waals surface area (Å²) in [5, 5.41) is 8.98. The number of rotatable bonds is 4. The Bertz CT molecular complexity index is 308. The number of carbonyl (C=O) groups excluding carboxylic acids is 1. The first kappa shape index (κ1) is 11.7. The number of ether oxygens (including phenoxy) is 2. The highest BCUT2D eigenvalue weighted by Gasteiger charge is 2.18. The van der Waals surface area contributed by atoms with E-state index in [1.165, 1.54) is 14.0 Å². The summed E-state index contributed by atoms with van der Waals surface area (Å²) < 4.78 is 9.94. The van der Waals surface area contributed by atoms with E-state index in [9.17, 15) is 4.79 Å². The predicted molar refractivity (Wildman–Crippen MR) is 54.0 cm³/mol. The zero-order valence-electron chi connectivity index (χ0n) is 8.71. The van der Waals surface area contributed by atoms with Gasteiger partial charge in [-0.3, -0.25) is 0 Å². The molecule has 0 amide bonds. The largest absolute Gasteiger partial charge is 0.429 e. The molecule has 0 saturated heterocycles. The lowest BCUT2D eigenvalue weighted by Crippen LogP contribution is -2.22. The Kier molecular flexibility index (Phi) is 4.27. The fourth-order valence-electron chi connectivity index (χ4n) is 1.07. The summed E-state index contributed by atoms with van der Waals surface area (Å²) in [4.78, 5) is 11.1. The van der Waals surface area contributed by atoms with Crippen LogP contribution in [0, 0.1) is 0 Å². The fraction of sp³-hybridized carbons (Fsp3) is 0.364. The minimum atomic E-state index is -1.15. The Hall–Kier alpha value is -1.39. The maximum atomic E-state index is 11.1. The molecule has 1 aromatic carbocycles. The van der Waals surface area contributed by atoms with E-state index in [0.717, 1.165) is 5.56 Å². The third kappa shape index (κ3) is 3.34. The molecule has 0 saturated carbocycles. The van der Waals surface area contributed by atoms with E-state index in [1.54, 1.807) is 12.1 Å². The monoisotopic (exact) mass is 210 g/mol. The normalized spacial score (nSPS) is 14.3. The lowest BCUT2D eigenvalue weighted by atomic mass is 10.2. The summed E-state index contributed by atoms with van der Waals surface area (Å²) in [7, 11) is 1.44. The number of benzene rings is 1. The Morgan fingerprint density at radius 1 is 1.33 bits per heavy atom. The number of methoxy groups -OCH3 is 1. The molecule has 0 bridgehead atoms. The van der Waals surface area contributed by atoms with E-state index in [4.69, 9.17) is 14.6 Å². The van der Waals surface area contributed by atoms with Crippen LogP contribution in [0.25, 0.3) is 0 Å². The van der Waals surface area contributed by atoms with E-state index in [-0.39, 0.29) is 0 Å². The number of hydrogen-bond acceptors (Lipinski definition) is 4. The second kappa shape index (κ2) is 5.48. The van der Waals surface area contributed by atoms with Crippen LogP contribution in [0.4, 0.5) is 0 Å². The van der Waals surface area contributed by atoms with E-state index in [0.29, 0.717) is 0 Å². The molecule has 2 unspecified atom stereocenters. The first-order valence-corrected chi connectivity index (χ1v) is 4.61. The Morgan fingerprint density at radius 2 is 1.93 bits per heavy atom. The highest BCUT2D eigenvalue weighted by Crippen LogP contribution is 2.18. The van der Waals surface area contributed by atoms with Crippen LogP contribution in [0.1, 0.15) is 18.8 Å². The molecule has 1 N–H and O–H groups in total. The average molecular weight is 210 g/mol. The van der Waals surface area contributed by atoms with Gasteiger partial charge in [-0.1, -0.05) is 30.3 Å². The van der Waals surface area contributed by atoms with Crippen molar-refractivity contribution < 1.29 is 19.4 Å². The van der Waals surface area contributed by atoms with Crippen molar-refractivity contribution in [1.29, 1.82) is 0 Å². The molecule has 0 aliphatic rings. The van der Waals surface area contributed by atoms with Crippen molar-refractivity contribution in [3.63, 3.8) is 0 Å². The van der Waals surface area contributed by atoms with Crippen LogP contribution in [0.3, 0.4) is 0 Å². The van der Waals surface area contributed by atoms with Crippen molar-refractivity contribution in [2.75, 3.05) is 7.11 Å². The molecule has 0 radical (unpaired) electrons. The predicted octanol–water partition coefficient (Wildman–Crippen LogP) is 1.26. The molecule has 0 aromatic heterocycles. The maximum absolute atomic E-state index is 11.1. The van der Waals surface area contributed by atoms with Crippen molar-refractivity contribution in [3.05, 3.63) is 35.9 Å². The van der Waals surface area contributed by atoms with Crippen LogP contribution in [-0.4, -0.2) is 24.3 Å². The zero-order chi connectivity index (χ0) is 11.3. The van der Waals surface area contributed by atoms with Gasteiger partial charge in [0.05, 0.1) is 0 Å². The zero-order valence-corrected chi connectivity index (χ0v) is 8.71. The lowest BCUT2D eigenvalue weighted by molar-refractivity contribution is -0.183. The summed E-state index contributed by atoms with van der Waals surface area (Å²) in [6.45, 7) is 1.35. The average Bonchev–Trinajstić information content (AvgIpc) is 2.26. The highest BCUT2D eigenvalue weighted by molar-refractivity contribution is 5.74. The Balaban J connectivity index is 2.69. The number of aliphatic hydroxyl groups excluding tert-OH is 1. The number of hydrogen-bond donors (Lipinski definition) is 1. The second-order valence-corrected chi connectivity index (χ2v) is 3.09. The standard InChI is InChI=1S/C11H14O4/c1-8(12)10(13)15-11(14-2)9-6-4-3-5-7-9/h3-8,11-12H,1-2H3. The molecule has 1 aromatic rings. The first-order valence-electron chi connectivity index (χ1n) is 4.61. The molecular formula is C11H14O4. The third-order valence-corrected chi connectivity index (χ3v) is 1.85. The van der Waals surface area contributed by atoms with E-state index in [2.05, 4.69) is 0 Å². The van der Waals surface area contributed by atoms with Crippen LogP contribution < -0.4 is 0 Å². The van der Waals surface area contributed by atoms with Crippen molar-refractivity contribution >= 4 is 5.97 Å². The first-order chi connectivity index (χ1) is 7.15. The summed E-state index contributed by atoms with van der Waals surface area (Å²) in [5.74, 6) is -0.703. The van der Waals surface area contributed by atoms with Crippen LogP contribution in [0.15, 0.2) is 30.3 Å². The highest BCUT2D eigenvalue weighted by atomic mass is 16.7. The van der Waals surface area contributed by atoms with Gasteiger partial charge in [0.1, 0.15) is 6.10 Å². The molecule has 2 atom stereocenters. The van der Waals surface area contributed by atoms with Crippen molar-refractivity contribution in [2.45, 2.75) is 19.3 Å². The fourth-order valence-corrected chi connectivity index (χ4v) is 1.07. The van der Waals surface area contributed by atoms with Crippen molar-refractivity contribution in [3.8, 4) is 0 Å². The molecule has 0 fully saturated rings. The maximum Gasteiger partial charge on any atom is 0.337 e. The Labute approximate surface area is 88.4 Å². The molecule has 4 nitrogen and oxygen atoms in total. The smallest absolute Gasteiger partial charge is 0.337 e. The van der Waals surface area contributed by atoms with E-state index < -0.39 is 18.4 Å². The van der Waals surface area contributed by atoms with Gasteiger partial charge in [-0.2, -0.15) is 0 Å². The molecule has 1 rings (SSSR count). The van der Waals surface area contributed by atoms with Gasteiger partial charge in [-0.05, 0) is 6.92 Å². The molecule has 0 aliphatic carbocycles. The molecule has 15 heavy (non-hydrogen) atoms. The van der Waals surface area contributed by atoms with Gasteiger partial charge in [0.2, 0.25) is 6.29 Å². The minimum absolute atomic E-state index is 0.703. The van der Waals surface area contributed by atoms with Crippen LogP contribution in [-0.2, 0) is 14.3 Å². The van der Waals surface area contributed by atoms with Crippen LogP contribution >= 0.6 is 0 Å². The van der Waals surface area contributed by atoms with Crippen molar-refractivity contribution in [2.24, 2.45) is 0 Å². The summed E-state index contributed by atoms with van der Waals surface area (Å²) in [5.41, 5.74) is 0.731. The molecule has 82 valence electrons. The van der Waals surface area contributed by atoms with Crippen LogP contribution in [0.5, 0.6) is 0 Å². The van der Waals surface area contributed by atoms with Gasteiger partial charge >= 0.3 is 5.97 Å². The molecular weight excluding hydrogens is 196 g/mol. The van der Waals surface area contributed by atoms with Crippen molar-refractivity contribution in [1.82, 2.24) is 0 Å². The lowest BCUT2D eigenvalue weighted by Gasteiger charge is -2.17. The second-order valence-electron chi connectivity index (χ2n) is 3.09. The number of aliphatic hydroxyl groups is 1. The van der Waals surface area contributed by atoms with Gasteiger partial charge in [-0.15, -0.1) is 0 Å². The molecule has 4 heteroatoms. The third-order valence-electron chi connectivity index (χ3n) is 1.85. The van der Waals surface area contributed by atoms with Gasteiger partial charge in [0.15, 0.2) is 0 Å². The molecule has 0 aliphatic heterocycles. The SMILES string of the molecule is COC(OC(=O)C(C)O)c1ccccc1. The van der Waals surface area contributed by atoms with Gasteiger partial charge < -0.3 is 14.6 Å². The minimum Gasteiger partial charge on any atom is -0.429 e. The summed E-state index contributed by atoms with van der Waals surface area (Å²) >= 11 is 0. The van der Waals surface area contributed by atoms with E-state index >= 15 is 0 Å². The molecule has 0 spiro atoms.